The van der Waals surface area contributed by atoms with E-state index < -0.39 is 21.9 Å². The number of nitrogens with zero attached hydrogens (tertiary/aromatic N) is 3. The molecule has 11 nitrogen and oxygen atoms in total. The number of rotatable bonds is 6. The van der Waals surface area contributed by atoms with Crippen molar-refractivity contribution in [2.24, 2.45) is 4.99 Å². The number of aromatic nitrogens is 1. The number of hydrogen-bond donors (Lipinski definition) is 0. The van der Waals surface area contributed by atoms with E-state index in [1.807, 2.05) is 12.1 Å². The summed E-state index contributed by atoms with van der Waals surface area (Å²) in [4.78, 5) is 29.7. The maximum Gasteiger partial charge on any atom is 0.307 e. The minimum Gasteiger partial charge on any atom is -0.486 e. The predicted molar refractivity (Wildman–Crippen MR) is 133 cm³/mol. The van der Waals surface area contributed by atoms with Crippen LogP contribution in [0.5, 0.6) is 11.5 Å². The number of ether oxygens (including phenoxy) is 4. The molecule has 0 radical (unpaired) electrons. The van der Waals surface area contributed by atoms with Gasteiger partial charge in [0.2, 0.25) is 10.0 Å². The van der Waals surface area contributed by atoms with Gasteiger partial charge in [-0.3, -0.25) is 9.59 Å². The van der Waals surface area contributed by atoms with Crippen molar-refractivity contribution >= 4 is 43.5 Å². The SMILES string of the molecule is COC(=O)CCn1c(=NC(=O)c2ccc(S(=O)(=O)N3CCOCC3)cc2)sc2cc3c(cc21)OCCO3. The third-order valence-corrected chi connectivity index (χ3v) is 8.97. The Bertz CT molecular complexity index is 1500. The van der Waals surface area contributed by atoms with Crippen LogP contribution < -0.4 is 14.3 Å². The fraction of sp³-hybridized carbons (Fsp3) is 0.375. The average Bonchev–Trinajstić information content (AvgIpc) is 3.26. The summed E-state index contributed by atoms with van der Waals surface area (Å²) >= 11 is 1.28. The minimum atomic E-state index is -3.67. The van der Waals surface area contributed by atoms with Gasteiger partial charge in [0.25, 0.3) is 5.91 Å². The third kappa shape index (κ3) is 5.25. The van der Waals surface area contributed by atoms with E-state index in [1.165, 1.54) is 47.0 Å². The number of carbonyl (C=O) groups is 2. The van der Waals surface area contributed by atoms with Gasteiger partial charge in [-0.05, 0) is 24.3 Å². The number of esters is 1. The maximum atomic E-state index is 13.1. The van der Waals surface area contributed by atoms with Crippen molar-refractivity contribution in [2.45, 2.75) is 17.9 Å². The van der Waals surface area contributed by atoms with E-state index in [0.717, 1.165) is 10.2 Å². The molecule has 0 unspecified atom stereocenters. The molecule has 196 valence electrons. The molecule has 37 heavy (non-hydrogen) atoms. The number of aryl methyl sites for hydroxylation is 1. The predicted octanol–water partition coefficient (Wildman–Crippen LogP) is 1.80. The van der Waals surface area contributed by atoms with Gasteiger partial charge in [0.05, 0.1) is 41.9 Å². The molecule has 1 amide bonds. The minimum absolute atomic E-state index is 0.0895. The molecule has 2 aromatic carbocycles. The number of sulfonamides is 1. The summed E-state index contributed by atoms with van der Waals surface area (Å²) in [7, 11) is -2.35. The van der Waals surface area contributed by atoms with Crippen LogP contribution in [0.1, 0.15) is 16.8 Å². The first-order valence-electron chi connectivity index (χ1n) is 11.6. The molecule has 0 bridgehead atoms. The quantitative estimate of drug-likeness (QED) is 0.428. The van der Waals surface area contributed by atoms with Crippen molar-refractivity contribution in [2.75, 3.05) is 46.6 Å². The van der Waals surface area contributed by atoms with Gasteiger partial charge in [-0.25, -0.2) is 8.42 Å². The molecular weight excluding hydrogens is 522 g/mol. The molecule has 1 saturated heterocycles. The monoisotopic (exact) mass is 547 g/mol. The largest absolute Gasteiger partial charge is 0.486 e. The fourth-order valence-electron chi connectivity index (χ4n) is 4.07. The summed E-state index contributed by atoms with van der Waals surface area (Å²) < 4.78 is 51.0. The number of morpholine rings is 1. The van der Waals surface area contributed by atoms with Gasteiger partial charge >= 0.3 is 5.97 Å². The van der Waals surface area contributed by atoms with Gasteiger partial charge in [-0.15, -0.1) is 0 Å². The molecule has 0 saturated carbocycles. The lowest BCUT2D eigenvalue weighted by atomic mass is 10.2. The van der Waals surface area contributed by atoms with Crippen LogP contribution in [0.25, 0.3) is 10.2 Å². The van der Waals surface area contributed by atoms with Gasteiger partial charge in [0.1, 0.15) is 13.2 Å². The van der Waals surface area contributed by atoms with E-state index in [4.69, 9.17) is 18.9 Å². The fourth-order valence-corrected chi connectivity index (χ4v) is 6.54. The van der Waals surface area contributed by atoms with E-state index in [-0.39, 0.29) is 36.5 Å². The van der Waals surface area contributed by atoms with E-state index >= 15 is 0 Å². The molecule has 13 heteroatoms. The highest BCUT2D eigenvalue weighted by Gasteiger charge is 2.26. The molecule has 3 heterocycles. The number of benzene rings is 2. The number of methoxy groups -OCH3 is 1. The zero-order valence-electron chi connectivity index (χ0n) is 20.0. The van der Waals surface area contributed by atoms with Crippen molar-refractivity contribution in [3.8, 4) is 11.5 Å². The second kappa shape index (κ2) is 10.6. The number of carbonyl (C=O) groups excluding carboxylic acids is 2. The van der Waals surface area contributed by atoms with Gasteiger partial charge < -0.3 is 23.5 Å². The van der Waals surface area contributed by atoms with E-state index in [2.05, 4.69) is 4.99 Å². The zero-order chi connectivity index (χ0) is 26.0. The lowest BCUT2D eigenvalue weighted by Gasteiger charge is -2.26. The normalized spacial score (nSPS) is 16.6. The lowest BCUT2D eigenvalue weighted by molar-refractivity contribution is -0.140. The van der Waals surface area contributed by atoms with Crippen molar-refractivity contribution in [3.05, 3.63) is 46.8 Å². The first-order chi connectivity index (χ1) is 17.9. The van der Waals surface area contributed by atoms with Gasteiger partial charge in [0.15, 0.2) is 16.3 Å². The second-order valence-corrected chi connectivity index (χ2v) is 11.2. The van der Waals surface area contributed by atoms with Gasteiger partial charge in [-0.2, -0.15) is 9.30 Å². The number of thiazole rings is 1. The summed E-state index contributed by atoms with van der Waals surface area (Å²) in [6.07, 6.45) is 0.0895. The topological polar surface area (TPSA) is 126 Å². The van der Waals surface area contributed by atoms with Crippen molar-refractivity contribution in [1.82, 2.24) is 8.87 Å². The Kier molecular flexibility index (Phi) is 7.29. The summed E-state index contributed by atoms with van der Waals surface area (Å²) in [6.45, 7) is 2.39. The lowest BCUT2D eigenvalue weighted by Crippen LogP contribution is -2.40. The summed E-state index contributed by atoms with van der Waals surface area (Å²) in [5.41, 5.74) is 0.987. The Hall–Kier alpha value is -3.26. The summed E-state index contributed by atoms with van der Waals surface area (Å²) in [6, 6.07) is 9.36. The van der Waals surface area contributed by atoms with Crippen LogP contribution in [0.15, 0.2) is 46.3 Å². The van der Waals surface area contributed by atoms with E-state index in [1.54, 1.807) is 4.57 Å². The van der Waals surface area contributed by atoms with Crippen LogP contribution in [-0.2, 0) is 30.8 Å². The molecule has 0 spiro atoms. The first-order valence-corrected chi connectivity index (χ1v) is 13.9. The highest BCUT2D eigenvalue weighted by molar-refractivity contribution is 7.89. The molecule has 2 aliphatic rings. The molecule has 1 aromatic heterocycles. The van der Waals surface area contributed by atoms with Crippen LogP contribution in [0.4, 0.5) is 0 Å². The summed E-state index contributed by atoms with van der Waals surface area (Å²) in [5.74, 6) is 0.262. The zero-order valence-corrected chi connectivity index (χ0v) is 21.7. The van der Waals surface area contributed by atoms with Crippen LogP contribution in [0.3, 0.4) is 0 Å². The van der Waals surface area contributed by atoms with E-state index in [0.29, 0.717) is 42.7 Å². The Labute approximate surface area is 216 Å². The van der Waals surface area contributed by atoms with Crippen molar-refractivity contribution in [1.29, 1.82) is 0 Å². The highest BCUT2D eigenvalue weighted by atomic mass is 32.2. The molecule has 0 atom stereocenters. The smallest absolute Gasteiger partial charge is 0.307 e. The standard InChI is InChI=1S/C24H25N3O8S2/c1-32-22(28)6-7-27-18-14-19-20(35-13-12-34-19)15-21(18)36-24(27)25-23(29)16-2-4-17(5-3-16)37(30,31)26-8-10-33-11-9-26/h2-5,14-15H,6-13H2,1H3. The highest BCUT2D eigenvalue weighted by Crippen LogP contribution is 2.35. The van der Waals surface area contributed by atoms with Crippen LogP contribution in [0.2, 0.25) is 0 Å². The summed E-state index contributed by atoms with van der Waals surface area (Å²) in [5, 5.41) is 0. The number of fused-ring (bicyclic) bond motifs is 2. The molecule has 3 aromatic rings. The van der Waals surface area contributed by atoms with Crippen LogP contribution in [-0.4, -0.2) is 75.8 Å². The average molecular weight is 548 g/mol. The van der Waals surface area contributed by atoms with E-state index in [9.17, 15) is 18.0 Å². The first kappa shape index (κ1) is 25.4. The molecule has 1 fully saturated rings. The molecule has 0 aliphatic carbocycles. The molecule has 0 N–H and O–H groups in total. The van der Waals surface area contributed by atoms with Crippen molar-refractivity contribution < 1.29 is 37.0 Å². The third-order valence-electron chi connectivity index (χ3n) is 6.02. The maximum absolute atomic E-state index is 13.1. The van der Waals surface area contributed by atoms with Crippen LogP contribution in [0, 0.1) is 0 Å². The second-order valence-electron chi connectivity index (χ2n) is 8.28. The Morgan fingerprint density at radius 3 is 2.38 bits per heavy atom. The molecular formula is C24H25N3O8S2. The molecule has 5 rings (SSSR count). The van der Waals surface area contributed by atoms with Crippen molar-refractivity contribution in [3.63, 3.8) is 0 Å². The Morgan fingerprint density at radius 2 is 1.70 bits per heavy atom. The van der Waals surface area contributed by atoms with Gasteiger partial charge in [-0.1, -0.05) is 11.3 Å². The number of amides is 1. The molecule has 2 aliphatic heterocycles. The Morgan fingerprint density at radius 1 is 1.03 bits per heavy atom. The van der Waals surface area contributed by atoms with Gasteiger partial charge in [0, 0.05) is 37.3 Å². The Balaban J connectivity index is 1.48. The van der Waals surface area contributed by atoms with Crippen LogP contribution >= 0.6 is 11.3 Å². The number of hydrogen-bond acceptors (Lipinski definition) is 9.